The summed E-state index contributed by atoms with van der Waals surface area (Å²) in [6.07, 6.45) is 1.78. The van der Waals surface area contributed by atoms with Gasteiger partial charge in [0.05, 0.1) is 17.8 Å². The molecule has 0 unspecified atom stereocenters. The summed E-state index contributed by atoms with van der Waals surface area (Å²) >= 11 is 0. The first-order chi connectivity index (χ1) is 16.9. The number of rotatable bonds is 6. The second kappa shape index (κ2) is 9.31. The number of nitrogens with one attached hydrogen (secondary N) is 1. The van der Waals surface area contributed by atoms with Crippen molar-refractivity contribution in [2.24, 2.45) is 0 Å². The largest absolute Gasteiger partial charge is 0.392 e. The number of hydrogen-bond donors (Lipinski definition) is 2. The molecule has 0 amide bonds. The van der Waals surface area contributed by atoms with Crippen LogP contribution in [-0.2, 0) is 6.61 Å². The van der Waals surface area contributed by atoms with Gasteiger partial charge in [0.2, 0.25) is 0 Å². The maximum Gasteiger partial charge on any atom is 0.141 e. The molecule has 6 heteroatoms. The Hall–Kier alpha value is -4.03. The normalized spacial score (nSPS) is 11.4. The Morgan fingerprint density at radius 2 is 1.77 bits per heavy atom. The van der Waals surface area contributed by atoms with Crippen LogP contribution in [0, 0.1) is 12.7 Å². The number of aryl methyl sites for hydroxylation is 1. The number of anilines is 2. The fourth-order valence-corrected chi connectivity index (χ4v) is 4.50. The highest BCUT2D eigenvalue weighted by Crippen LogP contribution is 2.34. The quantitative estimate of drug-likeness (QED) is 0.282. The summed E-state index contributed by atoms with van der Waals surface area (Å²) in [5, 5.41) is 13.6. The zero-order valence-electron chi connectivity index (χ0n) is 20.0. The Kier molecular flexibility index (Phi) is 6.05. The van der Waals surface area contributed by atoms with Crippen LogP contribution in [-0.4, -0.2) is 19.6 Å². The molecular weight excluding hydrogens is 439 g/mol. The summed E-state index contributed by atoms with van der Waals surface area (Å²) in [4.78, 5) is 9.24. The number of aliphatic hydroxyl groups is 1. The third-order valence-corrected chi connectivity index (χ3v) is 6.10. The molecule has 176 valence electrons. The van der Waals surface area contributed by atoms with Gasteiger partial charge in [0.25, 0.3) is 0 Å². The van der Waals surface area contributed by atoms with E-state index in [2.05, 4.69) is 34.8 Å². The number of hydrogen-bond acceptors (Lipinski definition) is 4. The summed E-state index contributed by atoms with van der Waals surface area (Å²) < 4.78 is 15.7. The van der Waals surface area contributed by atoms with Gasteiger partial charge in [0.15, 0.2) is 0 Å². The van der Waals surface area contributed by atoms with E-state index in [0.717, 1.165) is 56.2 Å². The first kappa shape index (κ1) is 22.7. The molecule has 5 nitrogen and oxygen atoms in total. The zero-order chi connectivity index (χ0) is 24.5. The molecule has 0 atom stereocenters. The lowest BCUT2D eigenvalue weighted by atomic mass is 9.99. The molecule has 5 rings (SSSR count). The van der Waals surface area contributed by atoms with E-state index < -0.39 is 0 Å². The predicted octanol–water partition coefficient (Wildman–Crippen LogP) is 7.03. The van der Waals surface area contributed by atoms with Crippen LogP contribution in [0.3, 0.4) is 0 Å². The lowest BCUT2D eigenvalue weighted by Crippen LogP contribution is -2.03. The SMILES string of the molecule is Cc1cc(-c2ccc(Nc3cccc4c3nc(-c3ccc(F)cc3)n4C(C)C)cc2CO)ccn1. The average molecular weight is 467 g/mol. The standard InChI is InChI=1S/C29H27FN4O/c1-18(2)34-27-6-4-5-26(28(27)33-29(34)20-7-9-23(30)10-8-20)32-24-11-12-25(22(16-24)17-35)21-13-14-31-19(3)15-21/h4-16,18,32,35H,17H2,1-3H3. The smallest absolute Gasteiger partial charge is 0.141 e. The van der Waals surface area contributed by atoms with Gasteiger partial charge < -0.3 is 15.0 Å². The van der Waals surface area contributed by atoms with Crippen molar-refractivity contribution >= 4 is 22.4 Å². The summed E-state index contributed by atoms with van der Waals surface area (Å²) in [6, 6.07) is 22.6. The number of nitrogens with zero attached hydrogens (tertiary/aromatic N) is 3. The molecule has 5 aromatic rings. The molecule has 0 fully saturated rings. The molecule has 0 bridgehead atoms. The molecule has 0 aliphatic heterocycles. The van der Waals surface area contributed by atoms with Crippen LogP contribution in [0.5, 0.6) is 0 Å². The second-order valence-corrected chi connectivity index (χ2v) is 8.92. The Balaban J connectivity index is 1.57. The molecule has 0 radical (unpaired) electrons. The van der Waals surface area contributed by atoms with Gasteiger partial charge in [-0.2, -0.15) is 0 Å². The van der Waals surface area contributed by atoms with Gasteiger partial charge in [-0.3, -0.25) is 4.98 Å². The number of fused-ring (bicyclic) bond motifs is 1. The van der Waals surface area contributed by atoms with Gasteiger partial charge in [0.1, 0.15) is 17.2 Å². The minimum Gasteiger partial charge on any atom is -0.392 e. The second-order valence-electron chi connectivity index (χ2n) is 8.92. The van der Waals surface area contributed by atoms with Crippen molar-refractivity contribution in [2.75, 3.05) is 5.32 Å². The van der Waals surface area contributed by atoms with Gasteiger partial charge in [-0.25, -0.2) is 9.37 Å². The number of aliphatic hydroxyl groups excluding tert-OH is 1. The molecule has 0 aliphatic carbocycles. The van der Waals surface area contributed by atoms with E-state index in [9.17, 15) is 9.50 Å². The minimum atomic E-state index is -0.270. The molecule has 3 aromatic carbocycles. The number of benzene rings is 3. The molecule has 0 spiro atoms. The Morgan fingerprint density at radius 3 is 2.49 bits per heavy atom. The fourth-order valence-electron chi connectivity index (χ4n) is 4.50. The van der Waals surface area contributed by atoms with E-state index in [-0.39, 0.29) is 18.5 Å². The lowest BCUT2D eigenvalue weighted by Gasteiger charge is -2.14. The first-order valence-electron chi connectivity index (χ1n) is 11.7. The third-order valence-electron chi connectivity index (χ3n) is 6.10. The average Bonchev–Trinajstić information content (AvgIpc) is 3.25. The van der Waals surface area contributed by atoms with Crippen LogP contribution in [0.1, 0.15) is 31.1 Å². The lowest BCUT2D eigenvalue weighted by molar-refractivity contribution is 0.282. The maximum atomic E-state index is 13.5. The van der Waals surface area contributed by atoms with Gasteiger partial charge in [-0.05, 0) is 98.1 Å². The maximum absolute atomic E-state index is 13.5. The Bertz CT molecular complexity index is 1510. The van der Waals surface area contributed by atoms with E-state index in [1.807, 2.05) is 49.4 Å². The topological polar surface area (TPSA) is 63.0 Å². The molecule has 2 aromatic heterocycles. The van der Waals surface area contributed by atoms with E-state index in [1.54, 1.807) is 18.3 Å². The van der Waals surface area contributed by atoms with Crippen molar-refractivity contribution in [3.05, 3.63) is 96.1 Å². The summed E-state index contributed by atoms with van der Waals surface area (Å²) in [5.74, 6) is 0.525. The van der Waals surface area contributed by atoms with Crippen molar-refractivity contribution in [2.45, 2.75) is 33.4 Å². The number of imidazole rings is 1. The van der Waals surface area contributed by atoms with Gasteiger partial charge >= 0.3 is 0 Å². The van der Waals surface area contributed by atoms with Crippen LogP contribution < -0.4 is 5.32 Å². The van der Waals surface area contributed by atoms with E-state index in [0.29, 0.717) is 0 Å². The molecule has 0 saturated heterocycles. The predicted molar refractivity (Wildman–Crippen MR) is 139 cm³/mol. The van der Waals surface area contributed by atoms with Gasteiger partial charge in [-0.1, -0.05) is 12.1 Å². The molecular formula is C29H27FN4O. The number of halogens is 1. The van der Waals surface area contributed by atoms with Crippen LogP contribution in [0.25, 0.3) is 33.5 Å². The molecule has 0 aliphatic rings. The highest BCUT2D eigenvalue weighted by Gasteiger charge is 2.17. The first-order valence-corrected chi connectivity index (χ1v) is 11.7. The Morgan fingerprint density at radius 1 is 0.971 bits per heavy atom. The van der Waals surface area contributed by atoms with E-state index in [4.69, 9.17) is 4.98 Å². The van der Waals surface area contributed by atoms with E-state index >= 15 is 0 Å². The van der Waals surface area contributed by atoms with Crippen molar-refractivity contribution in [1.82, 2.24) is 14.5 Å². The highest BCUT2D eigenvalue weighted by atomic mass is 19.1. The third kappa shape index (κ3) is 4.40. The van der Waals surface area contributed by atoms with Crippen molar-refractivity contribution in [3.8, 4) is 22.5 Å². The fraction of sp³-hybridized carbons (Fsp3) is 0.172. The highest BCUT2D eigenvalue weighted by molar-refractivity contribution is 5.93. The summed E-state index contributed by atoms with van der Waals surface area (Å²) in [5.41, 5.74) is 8.17. The van der Waals surface area contributed by atoms with Crippen molar-refractivity contribution < 1.29 is 9.50 Å². The van der Waals surface area contributed by atoms with E-state index in [1.165, 1.54) is 12.1 Å². The van der Waals surface area contributed by atoms with Gasteiger partial charge in [0, 0.05) is 29.2 Å². The minimum absolute atomic E-state index is 0.0763. The summed E-state index contributed by atoms with van der Waals surface area (Å²) in [6.45, 7) is 6.10. The van der Waals surface area contributed by atoms with Gasteiger partial charge in [-0.15, -0.1) is 0 Å². The number of pyridine rings is 1. The molecule has 2 N–H and O–H groups in total. The van der Waals surface area contributed by atoms with Crippen LogP contribution in [0.4, 0.5) is 15.8 Å². The summed E-state index contributed by atoms with van der Waals surface area (Å²) in [7, 11) is 0. The molecule has 35 heavy (non-hydrogen) atoms. The monoisotopic (exact) mass is 466 g/mol. The van der Waals surface area contributed by atoms with Crippen LogP contribution >= 0.6 is 0 Å². The molecule has 0 saturated carbocycles. The molecule has 2 heterocycles. The van der Waals surface area contributed by atoms with Crippen molar-refractivity contribution in [3.63, 3.8) is 0 Å². The van der Waals surface area contributed by atoms with Crippen molar-refractivity contribution in [1.29, 1.82) is 0 Å². The Labute approximate surface area is 203 Å². The van der Waals surface area contributed by atoms with Crippen LogP contribution in [0.2, 0.25) is 0 Å². The van der Waals surface area contributed by atoms with Crippen LogP contribution in [0.15, 0.2) is 79.0 Å². The number of aromatic nitrogens is 3. The zero-order valence-corrected chi connectivity index (χ0v) is 20.0. The number of para-hydroxylation sites is 1.